The third kappa shape index (κ3) is 3.34. The van der Waals surface area contributed by atoms with Gasteiger partial charge in [0.1, 0.15) is 5.73 Å². The van der Waals surface area contributed by atoms with Crippen LogP contribution in [0.25, 0.3) is 0 Å². The standard InChI is InChI=1S/C7H14OSi/c1-5-7(8-6-2)9(3)4/h1,7,9H,6H2,2-4H3. The van der Waals surface area contributed by atoms with Crippen LogP contribution in [0.3, 0.4) is 0 Å². The molecule has 0 aliphatic carbocycles. The molecule has 0 spiro atoms. The molecule has 0 aliphatic rings. The van der Waals surface area contributed by atoms with Crippen molar-refractivity contribution in [2.24, 2.45) is 0 Å². The largest absolute Gasteiger partial charge is 0.370 e. The second kappa shape index (κ2) is 4.60. The van der Waals surface area contributed by atoms with Crippen LogP contribution in [-0.2, 0) is 4.74 Å². The summed E-state index contributed by atoms with van der Waals surface area (Å²) in [5, 5.41) is 0. The molecule has 0 radical (unpaired) electrons. The van der Waals surface area contributed by atoms with Crippen molar-refractivity contribution < 1.29 is 4.74 Å². The Hall–Kier alpha value is -0.263. The molecule has 0 aromatic carbocycles. The van der Waals surface area contributed by atoms with Crippen molar-refractivity contribution in [1.29, 1.82) is 0 Å². The zero-order valence-corrected chi connectivity index (χ0v) is 7.50. The summed E-state index contributed by atoms with van der Waals surface area (Å²) in [4.78, 5) is 0. The molecule has 52 valence electrons. The monoisotopic (exact) mass is 142 g/mol. The first kappa shape index (κ1) is 8.74. The third-order valence-electron chi connectivity index (χ3n) is 1.12. The number of ether oxygens (including phenoxy) is 1. The highest BCUT2D eigenvalue weighted by Gasteiger charge is 2.09. The van der Waals surface area contributed by atoms with Crippen LogP contribution in [0, 0.1) is 12.3 Å². The molecule has 0 N–H and O–H groups in total. The van der Waals surface area contributed by atoms with Crippen molar-refractivity contribution in [3.05, 3.63) is 0 Å². The van der Waals surface area contributed by atoms with Gasteiger partial charge < -0.3 is 4.74 Å². The topological polar surface area (TPSA) is 9.23 Å². The van der Waals surface area contributed by atoms with E-state index in [2.05, 4.69) is 19.0 Å². The minimum atomic E-state index is -0.761. The highest BCUT2D eigenvalue weighted by atomic mass is 28.3. The van der Waals surface area contributed by atoms with Crippen LogP contribution in [0.1, 0.15) is 6.92 Å². The van der Waals surface area contributed by atoms with Crippen LogP contribution in [0.4, 0.5) is 0 Å². The summed E-state index contributed by atoms with van der Waals surface area (Å²) >= 11 is 0. The molecule has 0 saturated heterocycles. The van der Waals surface area contributed by atoms with Crippen LogP contribution in [0.2, 0.25) is 13.1 Å². The summed E-state index contributed by atoms with van der Waals surface area (Å²) < 4.78 is 5.28. The van der Waals surface area contributed by atoms with Crippen LogP contribution in [-0.4, -0.2) is 21.1 Å². The zero-order chi connectivity index (χ0) is 7.28. The summed E-state index contributed by atoms with van der Waals surface area (Å²) in [7, 11) is -0.761. The van der Waals surface area contributed by atoms with Gasteiger partial charge in [0.15, 0.2) is 0 Å². The summed E-state index contributed by atoms with van der Waals surface area (Å²) in [6, 6.07) is 0. The molecule has 9 heavy (non-hydrogen) atoms. The van der Waals surface area contributed by atoms with Gasteiger partial charge in [-0.15, -0.1) is 6.42 Å². The van der Waals surface area contributed by atoms with Crippen LogP contribution in [0.15, 0.2) is 0 Å². The second-order valence-electron chi connectivity index (χ2n) is 2.29. The number of terminal acetylenes is 1. The lowest BCUT2D eigenvalue weighted by Crippen LogP contribution is -2.25. The Labute approximate surface area is 59.0 Å². The highest BCUT2D eigenvalue weighted by molar-refractivity contribution is 6.58. The molecule has 1 nitrogen and oxygen atoms in total. The quantitative estimate of drug-likeness (QED) is 0.423. The van der Waals surface area contributed by atoms with Gasteiger partial charge in [-0.05, 0) is 6.92 Å². The van der Waals surface area contributed by atoms with E-state index in [1.807, 2.05) is 6.92 Å². The predicted octanol–water partition coefficient (Wildman–Crippen LogP) is 1.05. The molecule has 0 rings (SSSR count). The lowest BCUT2D eigenvalue weighted by Gasteiger charge is -2.12. The molecule has 1 unspecified atom stereocenters. The van der Waals surface area contributed by atoms with Crippen LogP contribution in [0.5, 0.6) is 0 Å². The summed E-state index contributed by atoms with van der Waals surface area (Å²) in [6.07, 6.45) is 5.22. The minimum absolute atomic E-state index is 0.134. The molecule has 0 heterocycles. The Kier molecular flexibility index (Phi) is 4.47. The van der Waals surface area contributed by atoms with Gasteiger partial charge >= 0.3 is 0 Å². The van der Waals surface area contributed by atoms with Crippen molar-refractivity contribution in [2.75, 3.05) is 6.61 Å². The molecule has 0 aromatic rings. The third-order valence-corrected chi connectivity index (χ3v) is 2.71. The van der Waals surface area contributed by atoms with E-state index < -0.39 is 8.80 Å². The summed E-state index contributed by atoms with van der Waals surface area (Å²) in [5.74, 6) is 2.64. The fourth-order valence-electron chi connectivity index (χ4n) is 0.613. The Morgan fingerprint density at radius 2 is 2.22 bits per heavy atom. The van der Waals surface area contributed by atoms with Gasteiger partial charge in [0, 0.05) is 6.61 Å². The van der Waals surface area contributed by atoms with Crippen molar-refractivity contribution >= 4 is 8.80 Å². The molecule has 0 saturated carbocycles. The molecule has 1 atom stereocenters. The number of rotatable bonds is 3. The van der Waals surface area contributed by atoms with Gasteiger partial charge in [-0.1, -0.05) is 19.0 Å². The van der Waals surface area contributed by atoms with E-state index >= 15 is 0 Å². The maximum atomic E-state index is 5.28. The number of hydrogen-bond acceptors (Lipinski definition) is 1. The van der Waals surface area contributed by atoms with Crippen LogP contribution < -0.4 is 0 Å². The maximum Gasteiger partial charge on any atom is 0.102 e. The van der Waals surface area contributed by atoms with Gasteiger partial charge in [-0.3, -0.25) is 0 Å². The van der Waals surface area contributed by atoms with Crippen molar-refractivity contribution in [1.82, 2.24) is 0 Å². The smallest absolute Gasteiger partial charge is 0.102 e. The first-order valence-corrected chi connectivity index (χ1v) is 6.27. The zero-order valence-electron chi connectivity index (χ0n) is 6.35. The Bertz CT molecular complexity index is 104. The van der Waals surface area contributed by atoms with Gasteiger partial charge in [-0.2, -0.15) is 0 Å². The van der Waals surface area contributed by atoms with E-state index in [1.54, 1.807) is 0 Å². The van der Waals surface area contributed by atoms with E-state index in [1.165, 1.54) is 0 Å². The molecular weight excluding hydrogens is 128 g/mol. The molecule has 0 fully saturated rings. The minimum Gasteiger partial charge on any atom is -0.370 e. The molecule has 0 bridgehead atoms. The Morgan fingerprint density at radius 3 is 2.33 bits per heavy atom. The van der Waals surface area contributed by atoms with E-state index in [0.717, 1.165) is 6.61 Å². The first-order valence-electron chi connectivity index (χ1n) is 3.30. The molecular formula is C7H14OSi. The van der Waals surface area contributed by atoms with Crippen molar-refractivity contribution in [3.63, 3.8) is 0 Å². The van der Waals surface area contributed by atoms with E-state index in [4.69, 9.17) is 11.2 Å². The average molecular weight is 142 g/mol. The van der Waals surface area contributed by atoms with E-state index in [-0.39, 0.29) is 5.73 Å². The Balaban J connectivity index is 3.58. The second-order valence-corrected chi connectivity index (χ2v) is 5.38. The molecule has 0 aromatic heterocycles. The van der Waals surface area contributed by atoms with Gasteiger partial charge in [0.05, 0.1) is 8.80 Å². The SMILES string of the molecule is C#CC(OCC)[SiH](C)C. The number of hydrogen-bond donors (Lipinski definition) is 0. The normalized spacial score (nSPS) is 13.2. The maximum absolute atomic E-state index is 5.28. The molecule has 0 amide bonds. The van der Waals surface area contributed by atoms with E-state index in [9.17, 15) is 0 Å². The van der Waals surface area contributed by atoms with Crippen molar-refractivity contribution in [2.45, 2.75) is 25.7 Å². The molecule has 0 aliphatic heterocycles. The Morgan fingerprint density at radius 1 is 1.67 bits per heavy atom. The van der Waals surface area contributed by atoms with Gasteiger partial charge in [0.25, 0.3) is 0 Å². The summed E-state index contributed by atoms with van der Waals surface area (Å²) in [5.41, 5.74) is 0.134. The fraction of sp³-hybridized carbons (Fsp3) is 0.714. The first-order chi connectivity index (χ1) is 4.22. The molecule has 2 heteroatoms. The lowest BCUT2D eigenvalue weighted by molar-refractivity contribution is 0.150. The van der Waals surface area contributed by atoms with Gasteiger partial charge in [0.2, 0.25) is 0 Å². The van der Waals surface area contributed by atoms with E-state index in [0.29, 0.717) is 0 Å². The fourth-order valence-corrected chi connectivity index (χ4v) is 1.57. The van der Waals surface area contributed by atoms with Gasteiger partial charge in [-0.25, -0.2) is 0 Å². The van der Waals surface area contributed by atoms with Crippen molar-refractivity contribution in [3.8, 4) is 12.3 Å². The summed E-state index contributed by atoms with van der Waals surface area (Å²) in [6.45, 7) is 7.10. The average Bonchev–Trinajstić information content (AvgIpc) is 1.82. The van der Waals surface area contributed by atoms with Crippen LogP contribution >= 0.6 is 0 Å². The predicted molar refractivity (Wildman–Crippen MR) is 43.1 cm³/mol. The highest BCUT2D eigenvalue weighted by Crippen LogP contribution is 1.95. The lowest BCUT2D eigenvalue weighted by atomic mass is 10.7.